The molecule has 26 heavy (non-hydrogen) atoms. The van der Waals surface area contributed by atoms with E-state index in [9.17, 15) is 18.4 Å². The molecule has 2 fully saturated rings. The molecule has 8 heteroatoms. The summed E-state index contributed by atoms with van der Waals surface area (Å²) in [6.45, 7) is 1.22. The highest BCUT2D eigenvalue weighted by atomic mass is 19.3. The average molecular weight is 360 g/mol. The Morgan fingerprint density at radius 2 is 2.15 bits per heavy atom. The zero-order valence-electron chi connectivity index (χ0n) is 13.9. The van der Waals surface area contributed by atoms with Crippen LogP contribution in [0.15, 0.2) is 41.5 Å². The van der Waals surface area contributed by atoms with E-state index in [4.69, 9.17) is 0 Å². The Hall–Kier alpha value is -2.77. The van der Waals surface area contributed by atoms with Crippen LogP contribution in [0.5, 0.6) is 0 Å². The summed E-state index contributed by atoms with van der Waals surface area (Å²) >= 11 is 0. The van der Waals surface area contributed by atoms with E-state index in [1.54, 1.807) is 24.3 Å². The van der Waals surface area contributed by atoms with Crippen molar-refractivity contribution >= 4 is 11.7 Å². The number of anilines is 1. The second kappa shape index (κ2) is 6.19. The molecule has 2 heterocycles. The predicted molar refractivity (Wildman–Crippen MR) is 91.7 cm³/mol. The first-order valence-electron chi connectivity index (χ1n) is 8.51. The summed E-state index contributed by atoms with van der Waals surface area (Å²) < 4.78 is 26.5. The standard InChI is InChI=1S/C18H18F2N4O2/c19-18(20)8-14(18)11-2-1-3-12(6-11)17(26)23-13-4-5-24(9-13)15-7-16(25)22-10-21-15/h1-3,6-7,10,13-14H,4-5,8-9H2,(H,23,26)(H,21,22,25). The fraction of sp³-hybridized carbons (Fsp3) is 0.389. The van der Waals surface area contributed by atoms with Gasteiger partial charge in [-0.1, -0.05) is 12.1 Å². The number of carbonyl (C=O) groups excluding carboxylic acids is 1. The van der Waals surface area contributed by atoms with Crippen LogP contribution in [0, 0.1) is 0 Å². The molecule has 1 aliphatic heterocycles. The lowest BCUT2D eigenvalue weighted by atomic mass is 10.1. The third kappa shape index (κ3) is 3.31. The van der Waals surface area contributed by atoms with Gasteiger partial charge in [0.25, 0.3) is 17.4 Å². The maximum atomic E-state index is 13.2. The summed E-state index contributed by atoms with van der Waals surface area (Å²) in [5, 5.41) is 2.93. The van der Waals surface area contributed by atoms with Crippen molar-refractivity contribution in [1.29, 1.82) is 0 Å². The Kier molecular flexibility index (Phi) is 3.97. The lowest BCUT2D eigenvalue weighted by molar-refractivity contribution is 0.0939. The topological polar surface area (TPSA) is 78.1 Å². The molecule has 2 aromatic rings. The number of rotatable bonds is 4. The first kappa shape index (κ1) is 16.7. The zero-order valence-corrected chi connectivity index (χ0v) is 13.9. The number of aromatic nitrogens is 2. The number of hydrogen-bond donors (Lipinski definition) is 2. The number of benzene rings is 1. The van der Waals surface area contributed by atoms with Crippen molar-refractivity contribution in [2.45, 2.75) is 30.7 Å². The van der Waals surface area contributed by atoms with Crippen LogP contribution in [0.1, 0.15) is 34.7 Å². The Morgan fingerprint density at radius 3 is 2.88 bits per heavy atom. The van der Waals surface area contributed by atoms with Crippen LogP contribution >= 0.6 is 0 Å². The second-order valence-corrected chi connectivity index (χ2v) is 6.82. The second-order valence-electron chi connectivity index (χ2n) is 6.82. The van der Waals surface area contributed by atoms with Crippen LogP contribution < -0.4 is 15.8 Å². The molecule has 1 aromatic heterocycles. The maximum Gasteiger partial charge on any atom is 0.255 e. The van der Waals surface area contributed by atoms with E-state index < -0.39 is 11.8 Å². The number of nitrogens with one attached hydrogen (secondary N) is 2. The van der Waals surface area contributed by atoms with Gasteiger partial charge in [-0.2, -0.15) is 0 Å². The Labute approximate surface area is 148 Å². The van der Waals surface area contributed by atoms with Gasteiger partial charge in [0.2, 0.25) is 0 Å². The third-order valence-corrected chi connectivity index (χ3v) is 4.89. The number of alkyl halides is 2. The number of H-pyrrole nitrogens is 1. The lowest BCUT2D eigenvalue weighted by Crippen LogP contribution is -2.37. The lowest BCUT2D eigenvalue weighted by Gasteiger charge is -2.17. The molecular weight excluding hydrogens is 342 g/mol. The summed E-state index contributed by atoms with van der Waals surface area (Å²) in [5.74, 6) is -3.13. The Bertz CT molecular complexity index is 899. The average Bonchev–Trinajstić information content (AvgIpc) is 3.03. The smallest absolute Gasteiger partial charge is 0.255 e. The van der Waals surface area contributed by atoms with Gasteiger partial charge in [0.15, 0.2) is 0 Å². The van der Waals surface area contributed by atoms with Crippen molar-refractivity contribution in [3.05, 3.63) is 58.1 Å². The van der Waals surface area contributed by atoms with Gasteiger partial charge in [-0.15, -0.1) is 0 Å². The minimum atomic E-state index is -2.65. The van der Waals surface area contributed by atoms with E-state index in [0.29, 0.717) is 30.0 Å². The summed E-state index contributed by atoms with van der Waals surface area (Å²) in [4.78, 5) is 32.4. The van der Waals surface area contributed by atoms with Gasteiger partial charge in [-0.05, 0) is 24.1 Å². The van der Waals surface area contributed by atoms with E-state index in [1.807, 2.05) is 4.90 Å². The molecule has 1 aliphatic carbocycles. The number of aromatic amines is 1. The Morgan fingerprint density at radius 1 is 1.35 bits per heavy atom. The minimum absolute atomic E-state index is 0.0883. The molecule has 1 aromatic carbocycles. The van der Waals surface area contributed by atoms with Crippen molar-refractivity contribution < 1.29 is 13.6 Å². The van der Waals surface area contributed by atoms with Crippen LogP contribution in [-0.2, 0) is 0 Å². The van der Waals surface area contributed by atoms with Gasteiger partial charge in [0.05, 0.1) is 12.2 Å². The van der Waals surface area contributed by atoms with Crippen molar-refractivity contribution in [3.63, 3.8) is 0 Å². The summed E-state index contributed by atoms with van der Waals surface area (Å²) in [6, 6.07) is 7.78. The van der Waals surface area contributed by atoms with Gasteiger partial charge in [0.1, 0.15) is 5.82 Å². The van der Waals surface area contributed by atoms with Crippen LogP contribution in [0.4, 0.5) is 14.6 Å². The fourth-order valence-corrected chi connectivity index (χ4v) is 3.36. The highest BCUT2D eigenvalue weighted by Gasteiger charge is 2.57. The first-order valence-corrected chi connectivity index (χ1v) is 8.51. The van der Waals surface area contributed by atoms with Crippen molar-refractivity contribution in [3.8, 4) is 0 Å². The maximum absolute atomic E-state index is 13.2. The van der Waals surface area contributed by atoms with Crippen LogP contribution in [-0.4, -0.2) is 40.9 Å². The molecule has 2 N–H and O–H groups in total. The molecular formula is C18H18F2N4O2. The van der Waals surface area contributed by atoms with E-state index in [1.165, 1.54) is 12.4 Å². The third-order valence-electron chi connectivity index (χ3n) is 4.89. The number of nitrogens with zero attached hydrogens (tertiary/aromatic N) is 2. The number of hydrogen-bond acceptors (Lipinski definition) is 4. The monoisotopic (exact) mass is 360 g/mol. The highest BCUT2D eigenvalue weighted by Crippen LogP contribution is 2.55. The number of carbonyl (C=O) groups is 1. The van der Waals surface area contributed by atoms with Gasteiger partial charge >= 0.3 is 0 Å². The molecule has 1 saturated heterocycles. The van der Waals surface area contributed by atoms with Crippen molar-refractivity contribution in [2.75, 3.05) is 18.0 Å². The zero-order chi connectivity index (χ0) is 18.3. The molecule has 2 unspecified atom stereocenters. The SMILES string of the molecule is O=C(NC1CCN(c2cc(=O)[nH]cn2)C1)c1cccc(C2CC2(F)F)c1. The highest BCUT2D eigenvalue weighted by molar-refractivity contribution is 5.94. The fourth-order valence-electron chi connectivity index (χ4n) is 3.36. The quantitative estimate of drug-likeness (QED) is 0.873. The molecule has 6 nitrogen and oxygen atoms in total. The van der Waals surface area contributed by atoms with Crippen LogP contribution in [0.25, 0.3) is 0 Å². The molecule has 136 valence electrons. The molecule has 1 amide bonds. The van der Waals surface area contributed by atoms with E-state index in [0.717, 1.165) is 6.42 Å². The van der Waals surface area contributed by atoms with Gasteiger partial charge in [-0.25, -0.2) is 13.8 Å². The van der Waals surface area contributed by atoms with Gasteiger partial charge < -0.3 is 15.2 Å². The molecule has 0 bridgehead atoms. The molecule has 0 spiro atoms. The normalized spacial score (nSPS) is 23.7. The summed E-state index contributed by atoms with van der Waals surface area (Å²) in [7, 11) is 0. The Balaban J connectivity index is 1.40. The number of halogens is 2. The van der Waals surface area contributed by atoms with Gasteiger partial charge in [-0.3, -0.25) is 9.59 Å². The van der Waals surface area contributed by atoms with E-state index in [-0.39, 0.29) is 23.9 Å². The van der Waals surface area contributed by atoms with E-state index >= 15 is 0 Å². The first-order chi connectivity index (χ1) is 12.4. The summed E-state index contributed by atoms with van der Waals surface area (Å²) in [5.41, 5.74) is 0.664. The molecule has 0 radical (unpaired) electrons. The molecule has 1 saturated carbocycles. The molecule has 2 atom stereocenters. The van der Waals surface area contributed by atoms with Crippen LogP contribution in [0.2, 0.25) is 0 Å². The summed E-state index contributed by atoms with van der Waals surface area (Å²) in [6.07, 6.45) is 1.92. The molecule has 4 rings (SSSR count). The van der Waals surface area contributed by atoms with Crippen molar-refractivity contribution in [1.82, 2.24) is 15.3 Å². The van der Waals surface area contributed by atoms with Crippen molar-refractivity contribution in [2.24, 2.45) is 0 Å². The van der Waals surface area contributed by atoms with Gasteiger partial charge in [0, 0.05) is 37.2 Å². The number of amides is 1. The van der Waals surface area contributed by atoms with Crippen LogP contribution in [0.3, 0.4) is 0 Å². The largest absolute Gasteiger partial charge is 0.354 e. The molecule has 2 aliphatic rings. The van der Waals surface area contributed by atoms with E-state index in [2.05, 4.69) is 15.3 Å². The predicted octanol–water partition coefficient (Wildman–Crippen LogP) is 1.90. The minimum Gasteiger partial charge on any atom is -0.354 e.